The zero-order valence-corrected chi connectivity index (χ0v) is 30.8. The molecule has 2 heterocycles. The van der Waals surface area contributed by atoms with E-state index in [0.29, 0.717) is 54.4 Å². The summed E-state index contributed by atoms with van der Waals surface area (Å²) < 4.78 is 54.3. The van der Waals surface area contributed by atoms with Crippen molar-refractivity contribution in [2.45, 2.75) is 88.4 Å². The van der Waals surface area contributed by atoms with E-state index in [1.54, 1.807) is 7.11 Å². The highest BCUT2D eigenvalue weighted by molar-refractivity contribution is 6.36. The molecule has 2 fully saturated rings. The molecule has 3 aliphatic rings. The fourth-order valence-corrected chi connectivity index (χ4v) is 7.94. The molecule has 0 radical (unpaired) electrons. The molecule has 286 valence electrons. The largest absolute Gasteiger partial charge is 0.481 e. The Morgan fingerprint density at radius 2 is 1.67 bits per heavy atom. The van der Waals surface area contributed by atoms with Crippen LogP contribution in [0.5, 0.6) is 11.8 Å². The van der Waals surface area contributed by atoms with E-state index >= 15 is 0 Å². The molecule has 0 spiro atoms. The Labute approximate surface area is 315 Å². The number of benzene rings is 2. The highest BCUT2D eigenvalue weighted by atomic mass is 35.5. The molecule has 0 saturated heterocycles. The van der Waals surface area contributed by atoms with E-state index in [1.165, 1.54) is 7.11 Å². The van der Waals surface area contributed by atoms with Crippen molar-refractivity contribution in [2.75, 3.05) is 19.5 Å². The number of ether oxygens (including phenoxy) is 2. The van der Waals surface area contributed by atoms with Gasteiger partial charge in [-0.15, -0.1) is 0 Å². The lowest BCUT2D eigenvalue weighted by Crippen LogP contribution is -2.51. The van der Waals surface area contributed by atoms with E-state index in [9.17, 15) is 28.2 Å². The molecule has 0 bridgehead atoms. The number of carbonyl (C=O) groups is 1. The third-order valence-corrected chi connectivity index (χ3v) is 10.9. The van der Waals surface area contributed by atoms with Gasteiger partial charge in [-0.05, 0) is 74.1 Å². The molecule has 2 aromatic heterocycles. The molecule has 5 N–H and O–H groups in total. The van der Waals surface area contributed by atoms with E-state index in [-0.39, 0.29) is 30.1 Å². The average molecular weight is 767 g/mol. The zero-order chi connectivity index (χ0) is 38.4. The van der Waals surface area contributed by atoms with Crippen LogP contribution in [0.3, 0.4) is 0 Å². The lowest BCUT2D eigenvalue weighted by atomic mass is 9.77. The Morgan fingerprint density at radius 3 is 2.33 bits per heavy atom. The Hall–Kier alpha value is -4.50. The van der Waals surface area contributed by atoms with Gasteiger partial charge >= 0.3 is 12.1 Å². The lowest BCUT2D eigenvalue weighted by molar-refractivity contribution is -0.141. The van der Waals surface area contributed by atoms with E-state index in [2.05, 4.69) is 25.9 Å². The first-order valence-corrected chi connectivity index (χ1v) is 18.3. The number of carboxylic acid groups (broad SMARTS) is 1. The van der Waals surface area contributed by atoms with Crippen LogP contribution in [0.15, 0.2) is 48.5 Å². The van der Waals surface area contributed by atoms with E-state index in [0.717, 1.165) is 40.7 Å². The van der Waals surface area contributed by atoms with Crippen molar-refractivity contribution >= 4 is 23.4 Å². The highest BCUT2D eigenvalue weighted by Crippen LogP contribution is 2.45. The van der Waals surface area contributed by atoms with Gasteiger partial charge in [-0.1, -0.05) is 54.1 Å². The first-order valence-electron chi connectivity index (χ1n) is 17.9. The normalized spacial score (nSPS) is 21.3. The van der Waals surface area contributed by atoms with Crippen LogP contribution in [0.4, 0.5) is 19.0 Å². The summed E-state index contributed by atoms with van der Waals surface area (Å²) in [5, 5.41) is 29.4. The van der Waals surface area contributed by atoms with Gasteiger partial charge in [0.1, 0.15) is 11.7 Å². The van der Waals surface area contributed by atoms with Gasteiger partial charge < -0.3 is 30.3 Å². The van der Waals surface area contributed by atoms with Gasteiger partial charge in [0, 0.05) is 35.8 Å². The van der Waals surface area contributed by atoms with Crippen LogP contribution in [-0.2, 0) is 30.5 Å². The molecule has 7 rings (SSSR count). The second-order valence-electron chi connectivity index (χ2n) is 14.5. The number of nitrogens with zero attached hydrogens (tertiary/aromatic N) is 3. The van der Waals surface area contributed by atoms with Crippen molar-refractivity contribution in [1.29, 1.82) is 0 Å². The van der Waals surface area contributed by atoms with Gasteiger partial charge in [0.15, 0.2) is 11.5 Å². The number of aliphatic hydroxyl groups is 1. The predicted octanol–water partition coefficient (Wildman–Crippen LogP) is 6.95. The standard InChI is InChI=1S/C39H42ClF3N6O5/c1-38(52)16-22(17-38)44-18-21-12-14-29(48-35(21)53-2)27-9-5-8-26(31(27)40)23-6-4-7-25-24(23)13-15-28(25)47-34-33(39(41,42)43)46-30(36(49-34)54-3)19-45-32(37(50)51)20-10-11-20/h4-9,12,14,20,22,28,32,44-45,52H,10-11,13,15-19H2,1-3H3,(H,47,49)(H,50,51)/t22-,28-,32-,38-/m0/s1. The van der Waals surface area contributed by atoms with Crippen LogP contribution in [-0.4, -0.2) is 63.0 Å². The summed E-state index contributed by atoms with van der Waals surface area (Å²) in [7, 11) is 2.85. The maximum Gasteiger partial charge on any atom is 0.437 e. The number of aliphatic carboxylic acids is 1. The molecule has 3 aliphatic carbocycles. The number of pyridine rings is 1. The van der Waals surface area contributed by atoms with E-state index in [1.807, 2.05) is 55.5 Å². The molecule has 4 aromatic rings. The predicted molar refractivity (Wildman–Crippen MR) is 196 cm³/mol. The van der Waals surface area contributed by atoms with Gasteiger partial charge in [0.25, 0.3) is 0 Å². The molecule has 0 aliphatic heterocycles. The number of carboxylic acids is 1. The third-order valence-electron chi connectivity index (χ3n) is 10.5. The van der Waals surface area contributed by atoms with Crippen LogP contribution >= 0.6 is 11.6 Å². The smallest absolute Gasteiger partial charge is 0.437 e. The van der Waals surface area contributed by atoms with Crippen LogP contribution in [0, 0.1) is 5.92 Å². The van der Waals surface area contributed by atoms with Crippen molar-refractivity contribution < 1.29 is 37.7 Å². The number of methoxy groups -OCH3 is 2. The van der Waals surface area contributed by atoms with E-state index in [4.69, 9.17) is 26.1 Å². The van der Waals surface area contributed by atoms with Crippen molar-refractivity contribution in [3.05, 3.63) is 81.6 Å². The summed E-state index contributed by atoms with van der Waals surface area (Å²) in [6.45, 7) is 2.11. The lowest BCUT2D eigenvalue weighted by Gasteiger charge is -2.41. The fourth-order valence-electron chi connectivity index (χ4n) is 7.61. The number of anilines is 1. The van der Waals surface area contributed by atoms with Crippen molar-refractivity contribution in [3.63, 3.8) is 0 Å². The van der Waals surface area contributed by atoms with E-state index < -0.39 is 41.3 Å². The molecular weight excluding hydrogens is 725 g/mol. The Bertz CT molecular complexity index is 2050. The first-order chi connectivity index (χ1) is 25.8. The average Bonchev–Trinajstić information content (AvgIpc) is 3.88. The van der Waals surface area contributed by atoms with Gasteiger partial charge in [-0.3, -0.25) is 10.1 Å². The molecule has 2 aromatic carbocycles. The van der Waals surface area contributed by atoms with Crippen molar-refractivity contribution in [1.82, 2.24) is 25.6 Å². The second-order valence-corrected chi connectivity index (χ2v) is 14.9. The zero-order valence-electron chi connectivity index (χ0n) is 30.1. The minimum absolute atomic E-state index is 0.0773. The molecule has 0 amide bonds. The molecule has 2 atom stereocenters. The van der Waals surface area contributed by atoms with Gasteiger partial charge in [0.2, 0.25) is 11.8 Å². The number of hydrogen-bond acceptors (Lipinski definition) is 10. The SMILES string of the molecule is COc1nc(-c2cccc(-c3cccc4c3CC[C@@H]4Nc3nc(OC)c(CN[C@H](C(=O)O)C4CC4)nc3C(F)(F)F)c2Cl)ccc1CN[C@H]1C[C@](C)(O)C1. The summed E-state index contributed by atoms with van der Waals surface area (Å²) in [6, 6.07) is 14.0. The number of nitrogens with one attached hydrogen (secondary N) is 3. The van der Waals surface area contributed by atoms with Crippen LogP contribution < -0.4 is 25.4 Å². The van der Waals surface area contributed by atoms with Crippen molar-refractivity contribution in [2.24, 2.45) is 5.92 Å². The second kappa shape index (κ2) is 15.0. The quantitative estimate of drug-likeness (QED) is 0.0908. The summed E-state index contributed by atoms with van der Waals surface area (Å²) in [4.78, 5) is 24.6. The molecule has 11 nitrogen and oxygen atoms in total. The molecule has 54 heavy (non-hydrogen) atoms. The summed E-state index contributed by atoms with van der Waals surface area (Å²) >= 11 is 7.11. The number of rotatable bonds is 14. The van der Waals surface area contributed by atoms with Crippen LogP contribution in [0.1, 0.15) is 73.1 Å². The van der Waals surface area contributed by atoms with Crippen molar-refractivity contribution in [3.8, 4) is 34.1 Å². The van der Waals surface area contributed by atoms with Gasteiger partial charge in [-0.25, -0.2) is 9.97 Å². The number of halogens is 4. The summed E-state index contributed by atoms with van der Waals surface area (Å²) in [5.74, 6) is -1.28. The minimum atomic E-state index is -4.85. The summed E-state index contributed by atoms with van der Waals surface area (Å²) in [6.07, 6.45) is -0.953. The molecule has 0 unspecified atom stereocenters. The number of fused-ring (bicyclic) bond motifs is 1. The number of hydrogen-bond donors (Lipinski definition) is 5. The maximum absolute atomic E-state index is 14.5. The van der Waals surface area contributed by atoms with Gasteiger partial charge in [-0.2, -0.15) is 18.2 Å². The fraction of sp³-hybridized carbons (Fsp3) is 0.436. The molecular formula is C39H42ClF3N6O5. The Kier molecular flexibility index (Phi) is 10.5. The maximum atomic E-state index is 14.5. The Balaban J connectivity index is 1.13. The minimum Gasteiger partial charge on any atom is -0.481 e. The number of aromatic nitrogens is 3. The first kappa shape index (κ1) is 37.8. The monoisotopic (exact) mass is 766 g/mol. The van der Waals surface area contributed by atoms with Crippen LogP contribution in [0.25, 0.3) is 22.4 Å². The topological polar surface area (TPSA) is 151 Å². The highest BCUT2D eigenvalue weighted by Gasteiger charge is 2.41. The summed E-state index contributed by atoms with van der Waals surface area (Å²) in [5.41, 5.74) is 3.61. The molecule has 15 heteroatoms. The Morgan fingerprint density at radius 1 is 0.963 bits per heavy atom. The van der Waals surface area contributed by atoms with Gasteiger partial charge in [0.05, 0.1) is 36.6 Å². The number of alkyl halides is 3. The third kappa shape index (κ3) is 7.83. The van der Waals surface area contributed by atoms with Crippen LogP contribution in [0.2, 0.25) is 5.02 Å². The molecule has 2 saturated carbocycles.